The van der Waals surface area contributed by atoms with Crippen LogP contribution >= 0.6 is 0 Å². The molecule has 0 aliphatic rings. The average molecular weight is 715 g/mol. The van der Waals surface area contributed by atoms with Crippen molar-refractivity contribution in [2.75, 3.05) is 4.90 Å². The first kappa shape index (κ1) is 33.2. The van der Waals surface area contributed by atoms with Gasteiger partial charge >= 0.3 is 0 Å². The van der Waals surface area contributed by atoms with Crippen molar-refractivity contribution in [2.24, 2.45) is 0 Å². The second-order valence-corrected chi connectivity index (χ2v) is 14.2. The van der Waals surface area contributed by atoms with Crippen LogP contribution in [-0.4, -0.2) is 4.98 Å². The first-order valence-corrected chi connectivity index (χ1v) is 19.2. The quantitative estimate of drug-likeness (QED) is 0.166. The van der Waals surface area contributed by atoms with Crippen LogP contribution in [0, 0.1) is 0 Å². The van der Waals surface area contributed by atoms with E-state index in [2.05, 4.69) is 234 Å². The Morgan fingerprint density at radius 1 is 0.268 bits per heavy atom. The second-order valence-electron chi connectivity index (χ2n) is 14.2. The number of aromatic amines is 1. The van der Waals surface area contributed by atoms with Crippen LogP contribution in [0.15, 0.2) is 224 Å². The Balaban J connectivity index is 1.05. The Kier molecular flexibility index (Phi) is 8.55. The Hall–Kier alpha value is -7.42. The fourth-order valence-electron chi connectivity index (χ4n) is 8.11. The molecule has 0 amide bonds. The Labute approximate surface area is 327 Å². The summed E-state index contributed by atoms with van der Waals surface area (Å²) in [5, 5.41) is 3.66. The van der Waals surface area contributed by atoms with Crippen molar-refractivity contribution in [3.63, 3.8) is 0 Å². The largest absolute Gasteiger partial charge is 0.353 e. The molecule has 0 spiro atoms. The number of benzene rings is 9. The predicted octanol–water partition coefficient (Wildman–Crippen LogP) is 15.1. The molecule has 264 valence electrons. The minimum absolute atomic E-state index is 1.10. The molecule has 9 aromatic carbocycles. The topological polar surface area (TPSA) is 19.0 Å². The number of hydrogen-bond acceptors (Lipinski definition) is 1. The lowest BCUT2D eigenvalue weighted by molar-refractivity contribution is 1.28. The normalized spacial score (nSPS) is 11.2. The highest BCUT2D eigenvalue weighted by Gasteiger charge is 2.19. The van der Waals surface area contributed by atoms with Crippen molar-refractivity contribution < 1.29 is 0 Å². The van der Waals surface area contributed by atoms with Crippen LogP contribution in [0.4, 0.5) is 17.1 Å². The van der Waals surface area contributed by atoms with Gasteiger partial charge in [0.05, 0.1) is 11.2 Å². The van der Waals surface area contributed by atoms with Crippen LogP contribution in [0.1, 0.15) is 0 Å². The molecule has 0 saturated carbocycles. The molecule has 10 aromatic rings. The van der Waals surface area contributed by atoms with Gasteiger partial charge in [-0.1, -0.05) is 188 Å². The van der Waals surface area contributed by atoms with Gasteiger partial charge in [-0.2, -0.15) is 0 Å². The van der Waals surface area contributed by atoms with Crippen molar-refractivity contribution in [2.45, 2.75) is 0 Å². The minimum atomic E-state index is 1.10. The summed E-state index contributed by atoms with van der Waals surface area (Å²) in [6.45, 7) is 0. The highest BCUT2D eigenvalue weighted by molar-refractivity contribution is 6.17. The third-order valence-electron chi connectivity index (χ3n) is 10.9. The molecular formula is C54H38N2. The number of nitrogens with zero attached hydrogens (tertiary/aromatic N) is 1. The lowest BCUT2D eigenvalue weighted by atomic mass is 9.94. The first-order valence-electron chi connectivity index (χ1n) is 19.2. The zero-order valence-electron chi connectivity index (χ0n) is 30.8. The highest BCUT2D eigenvalue weighted by Crippen LogP contribution is 2.43. The molecule has 2 heteroatoms. The highest BCUT2D eigenvalue weighted by atomic mass is 15.1. The summed E-state index contributed by atoms with van der Waals surface area (Å²) in [4.78, 5) is 6.23. The van der Waals surface area contributed by atoms with Crippen molar-refractivity contribution in [1.29, 1.82) is 0 Å². The van der Waals surface area contributed by atoms with Crippen LogP contribution < -0.4 is 4.90 Å². The molecule has 1 heterocycles. The summed E-state index contributed by atoms with van der Waals surface area (Å²) in [5.41, 5.74) is 16.4. The molecule has 2 nitrogen and oxygen atoms in total. The van der Waals surface area contributed by atoms with Gasteiger partial charge in [0.15, 0.2) is 0 Å². The first-order chi connectivity index (χ1) is 27.8. The van der Waals surface area contributed by atoms with Gasteiger partial charge in [0.1, 0.15) is 0 Å². The zero-order valence-corrected chi connectivity index (χ0v) is 30.8. The van der Waals surface area contributed by atoms with Gasteiger partial charge in [0.2, 0.25) is 0 Å². The molecule has 0 aliphatic heterocycles. The van der Waals surface area contributed by atoms with E-state index in [4.69, 9.17) is 0 Å². The van der Waals surface area contributed by atoms with Gasteiger partial charge in [0, 0.05) is 33.4 Å². The van der Waals surface area contributed by atoms with Gasteiger partial charge in [-0.05, 0) is 86.3 Å². The van der Waals surface area contributed by atoms with E-state index in [1.165, 1.54) is 66.2 Å². The molecule has 1 aromatic heterocycles. The molecule has 0 unspecified atom stereocenters. The maximum atomic E-state index is 3.88. The maximum Gasteiger partial charge on any atom is 0.0545 e. The van der Waals surface area contributed by atoms with Crippen molar-refractivity contribution >= 4 is 38.7 Å². The molecule has 0 atom stereocenters. The summed E-state index contributed by atoms with van der Waals surface area (Å²) in [5.74, 6) is 0. The summed E-state index contributed by atoms with van der Waals surface area (Å²) >= 11 is 0. The van der Waals surface area contributed by atoms with Crippen molar-refractivity contribution in [3.8, 4) is 55.8 Å². The fraction of sp³-hybridized carbons (Fsp3) is 0. The van der Waals surface area contributed by atoms with E-state index in [9.17, 15) is 0 Å². The van der Waals surface area contributed by atoms with Gasteiger partial charge < -0.3 is 9.88 Å². The van der Waals surface area contributed by atoms with Crippen LogP contribution in [-0.2, 0) is 0 Å². The number of hydrogen-bond donors (Lipinski definition) is 1. The Morgan fingerprint density at radius 2 is 0.679 bits per heavy atom. The Bertz CT molecular complexity index is 2810. The predicted molar refractivity (Wildman–Crippen MR) is 238 cm³/mol. The fourth-order valence-corrected chi connectivity index (χ4v) is 8.11. The van der Waals surface area contributed by atoms with Crippen LogP contribution in [0.5, 0.6) is 0 Å². The summed E-state index contributed by atoms with van der Waals surface area (Å²) in [6.07, 6.45) is 0. The van der Waals surface area contributed by atoms with Gasteiger partial charge in [0.25, 0.3) is 0 Å². The van der Waals surface area contributed by atoms with Gasteiger partial charge in [-0.25, -0.2) is 0 Å². The summed E-state index contributed by atoms with van der Waals surface area (Å²) in [6, 6.07) is 80.5. The van der Waals surface area contributed by atoms with Crippen LogP contribution in [0.2, 0.25) is 0 Å². The maximum absolute atomic E-state index is 3.88. The molecule has 0 aliphatic carbocycles. The van der Waals surface area contributed by atoms with E-state index < -0.39 is 0 Å². The van der Waals surface area contributed by atoms with Crippen LogP contribution in [0.3, 0.4) is 0 Å². The number of aromatic nitrogens is 1. The molecular weight excluding hydrogens is 677 g/mol. The summed E-state index contributed by atoms with van der Waals surface area (Å²) in [7, 11) is 0. The molecule has 0 bridgehead atoms. The molecule has 10 rings (SSSR count). The molecule has 0 fully saturated rings. The third-order valence-corrected chi connectivity index (χ3v) is 10.9. The third kappa shape index (κ3) is 6.14. The monoisotopic (exact) mass is 714 g/mol. The van der Waals surface area contributed by atoms with Crippen molar-refractivity contribution in [3.05, 3.63) is 224 Å². The molecule has 1 N–H and O–H groups in total. The SMILES string of the molecule is c1ccc(-c2ccc(N(c3ccc(-c4ccccc4)cc3)c3ccc(-c4cccc5c4ccc4c(-c6ccccc6)c(-c6ccccc6)[nH]c45)cc3)cc2)cc1. The van der Waals surface area contributed by atoms with E-state index in [0.29, 0.717) is 0 Å². The van der Waals surface area contributed by atoms with E-state index in [1.807, 2.05) is 0 Å². The number of H-pyrrole nitrogens is 1. The second kappa shape index (κ2) is 14.4. The number of nitrogens with one attached hydrogen (secondary N) is 1. The molecule has 56 heavy (non-hydrogen) atoms. The Morgan fingerprint density at radius 3 is 1.18 bits per heavy atom. The lowest BCUT2D eigenvalue weighted by Gasteiger charge is -2.26. The molecule has 0 radical (unpaired) electrons. The van der Waals surface area contributed by atoms with E-state index in [0.717, 1.165) is 28.3 Å². The van der Waals surface area contributed by atoms with Gasteiger partial charge in [-0.3, -0.25) is 0 Å². The van der Waals surface area contributed by atoms with E-state index in [-0.39, 0.29) is 0 Å². The standard InChI is InChI=1S/C54H38N2/c1-5-14-38(15-6-1)40-24-30-45(31-25-40)56(46-32-26-41(27-33-46)39-16-7-2-8-17-39)47-34-28-42(29-35-47)48-22-13-23-50-49(48)36-37-51-52(43-18-9-3-10-19-43)53(55-54(50)51)44-20-11-4-12-21-44/h1-37,55H. The average Bonchev–Trinajstić information content (AvgIpc) is 3.69. The number of fused-ring (bicyclic) bond motifs is 3. The minimum Gasteiger partial charge on any atom is -0.353 e. The molecule has 0 saturated heterocycles. The van der Waals surface area contributed by atoms with E-state index in [1.54, 1.807) is 0 Å². The smallest absolute Gasteiger partial charge is 0.0545 e. The number of rotatable bonds is 8. The lowest BCUT2D eigenvalue weighted by Crippen LogP contribution is -2.09. The zero-order chi connectivity index (χ0) is 37.3. The number of anilines is 3. The van der Waals surface area contributed by atoms with Crippen molar-refractivity contribution in [1.82, 2.24) is 4.98 Å². The van der Waals surface area contributed by atoms with E-state index >= 15 is 0 Å². The van der Waals surface area contributed by atoms with Crippen LogP contribution in [0.25, 0.3) is 77.4 Å². The summed E-state index contributed by atoms with van der Waals surface area (Å²) < 4.78 is 0. The van der Waals surface area contributed by atoms with Gasteiger partial charge in [-0.15, -0.1) is 0 Å².